The number of nitrogens with zero attached hydrogens (tertiary/aromatic N) is 2. The lowest BCUT2D eigenvalue weighted by molar-refractivity contribution is -0.00546. The second kappa shape index (κ2) is 7.27. The molecule has 0 saturated carbocycles. The molecule has 2 fully saturated rings. The molecule has 23 heavy (non-hydrogen) atoms. The van der Waals surface area contributed by atoms with Crippen LogP contribution in [0.25, 0.3) is 0 Å². The SMILES string of the molecule is C[C@@H]1CN(c2ccc(C(=O)NC[C@H]3CCCO3)cn2)C[C@@H](C)O1. The molecule has 0 radical (unpaired) electrons. The molecule has 0 unspecified atom stereocenters. The number of hydrogen-bond donors (Lipinski definition) is 1. The highest BCUT2D eigenvalue weighted by Gasteiger charge is 2.23. The molecule has 1 aromatic heterocycles. The van der Waals surface area contributed by atoms with E-state index in [2.05, 4.69) is 29.0 Å². The van der Waals surface area contributed by atoms with Crippen LogP contribution in [0, 0.1) is 0 Å². The van der Waals surface area contributed by atoms with Crippen LogP contribution in [0.5, 0.6) is 0 Å². The van der Waals surface area contributed by atoms with E-state index < -0.39 is 0 Å². The number of carbonyl (C=O) groups excluding carboxylic acids is 1. The predicted octanol–water partition coefficient (Wildman–Crippen LogP) is 1.60. The van der Waals surface area contributed by atoms with Crippen molar-refractivity contribution < 1.29 is 14.3 Å². The number of amides is 1. The van der Waals surface area contributed by atoms with Gasteiger partial charge >= 0.3 is 0 Å². The molecule has 3 heterocycles. The van der Waals surface area contributed by atoms with Crippen molar-refractivity contribution in [2.75, 3.05) is 31.1 Å². The molecule has 2 saturated heterocycles. The van der Waals surface area contributed by atoms with Crippen molar-refractivity contribution in [2.24, 2.45) is 0 Å². The van der Waals surface area contributed by atoms with Crippen molar-refractivity contribution in [3.05, 3.63) is 23.9 Å². The molecular weight excluding hydrogens is 294 g/mol. The largest absolute Gasteiger partial charge is 0.376 e. The minimum atomic E-state index is -0.0942. The molecule has 6 nitrogen and oxygen atoms in total. The number of ether oxygens (including phenoxy) is 2. The van der Waals surface area contributed by atoms with E-state index in [0.29, 0.717) is 12.1 Å². The van der Waals surface area contributed by atoms with Gasteiger partial charge in [0.05, 0.1) is 23.9 Å². The quantitative estimate of drug-likeness (QED) is 0.913. The third-order valence-electron chi connectivity index (χ3n) is 4.27. The average Bonchev–Trinajstić information content (AvgIpc) is 3.05. The summed E-state index contributed by atoms with van der Waals surface area (Å²) in [7, 11) is 0. The first kappa shape index (κ1) is 16.2. The predicted molar refractivity (Wildman–Crippen MR) is 87.8 cm³/mol. The van der Waals surface area contributed by atoms with Crippen LogP contribution in [0.3, 0.4) is 0 Å². The Balaban J connectivity index is 1.56. The van der Waals surface area contributed by atoms with E-state index in [4.69, 9.17) is 9.47 Å². The van der Waals surface area contributed by atoms with Crippen molar-refractivity contribution in [1.29, 1.82) is 0 Å². The standard InChI is InChI=1S/C17H25N3O3/c1-12-10-20(11-13(2)23-12)16-6-5-14(8-18-16)17(21)19-9-15-4-3-7-22-15/h5-6,8,12-13,15H,3-4,7,9-11H2,1-2H3,(H,19,21)/t12-,13-,15-/m1/s1. The summed E-state index contributed by atoms with van der Waals surface area (Å²) in [6.45, 7) is 7.14. The summed E-state index contributed by atoms with van der Waals surface area (Å²) in [6, 6.07) is 3.74. The molecule has 126 valence electrons. The summed E-state index contributed by atoms with van der Waals surface area (Å²) < 4.78 is 11.2. The number of hydrogen-bond acceptors (Lipinski definition) is 5. The Morgan fingerprint density at radius 2 is 2.13 bits per heavy atom. The molecule has 0 aromatic carbocycles. The molecule has 2 aliphatic rings. The topological polar surface area (TPSA) is 63.7 Å². The van der Waals surface area contributed by atoms with Crippen LogP contribution >= 0.6 is 0 Å². The molecule has 0 aliphatic carbocycles. The second-order valence-electron chi connectivity index (χ2n) is 6.41. The van der Waals surface area contributed by atoms with E-state index in [1.807, 2.05) is 12.1 Å². The number of morpholine rings is 1. The minimum absolute atomic E-state index is 0.0942. The normalized spacial score (nSPS) is 27.9. The van der Waals surface area contributed by atoms with Gasteiger partial charge in [0, 0.05) is 32.4 Å². The van der Waals surface area contributed by atoms with E-state index in [1.165, 1.54) is 0 Å². The van der Waals surface area contributed by atoms with Crippen LogP contribution in [0.1, 0.15) is 37.0 Å². The lowest BCUT2D eigenvalue weighted by Gasteiger charge is -2.36. The molecule has 6 heteroatoms. The van der Waals surface area contributed by atoms with Gasteiger partial charge in [0.1, 0.15) is 5.82 Å². The van der Waals surface area contributed by atoms with E-state index >= 15 is 0 Å². The number of aromatic nitrogens is 1. The summed E-state index contributed by atoms with van der Waals surface area (Å²) >= 11 is 0. The summed E-state index contributed by atoms with van der Waals surface area (Å²) in [6.07, 6.45) is 4.27. The number of rotatable bonds is 4. The average molecular weight is 319 g/mol. The molecule has 0 bridgehead atoms. The van der Waals surface area contributed by atoms with Crippen LogP contribution in [-0.4, -0.2) is 55.4 Å². The van der Waals surface area contributed by atoms with Crippen molar-refractivity contribution in [3.63, 3.8) is 0 Å². The molecular formula is C17H25N3O3. The van der Waals surface area contributed by atoms with E-state index in [9.17, 15) is 4.79 Å². The summed E-state index contributed by atoms with van der Waals surface area (Å²) in [5, 5.41) is 2.92. The van der Waals surface area contributed by atoms with Crippen molar-refractivity contribution in [1.82, 2.24) is 10.3 Å². The maximum atomic E-state index is 12.2. The van der Waals surface area contributed by atoms with Crippen LogP contribution in [0.4, 0.5) is 5.82 Å². The summed E-state index contributed by atoms with van der Waals surface area (Å²) in [5.41, 5.74) is 0.584. The van der Waals surface area contributed by atoms with Gasteiger partial charge in [0.2, 0.25) is 0 Å². The second-order valence-corrected chi connectivity index (χ2v) is 6.41. The molecule has 2 aliphatic heterocycles. The van der Waals surface area contributed by atoms with E-state index in [0.717, 1.165) is 38.4 Å². The lowest BCUT2D eigenvalue weighted by atomic mass is 10.2. The molecule has 1 aromatic rings. The fourth-order valence-electron chi connectivity index (χ4n) is 3.19. The highest BCUT2D eigenvalue weighted by Crippen LogP contribution is 2.18. The van der Waals surface area contributed by atoms with Crippen LogP contribution in [-0.2, 0) is 9.47 Å². The maximum absolute atomic E-state index is 12.2. The Morgan fingerprint density at radius 1 is 1.35 bits per heavy atom. The summed E-state index contributed by atoms with van der Waals surface area (Å²) in [4.78, 5) is 18.8. The Kier molecular flexibility index (Phi) is 5.13. The van der Waals surface area contributed by atoms with E-state index in [-0.39, 0.29) is 24.2 Å². The first-order valence-electron chi connectivity index (χ1n) is 8.38. The molecule has 1 N–H and O–H groups in total. The molecule has 3 rings (SSSR count). The Hall–Kier alpha value is -1.66. The van der Waals surface area contributed by atoms with Crippen LogP contribution in [0.15, 0.2) is 18.3 Å². The zero-order chi connectivity index (χ0) is 16.2. The lowest BCUT2D eigenvalue weighted by Crippen LogP contribution is -2.45. The maximum Gasteiger partial charge on any atom is 0.252 e. The van der Waals surface area contributed by atoms with Gasteiger partial charge in [0.25, 0.3) is 5.91 Å². The third kappa shape index (κ3) is 4.20. The number of pyridine rings is 1. The molecule has 3 atom stereocenters. The highest BCUT2D eigenvalue weighted by molar-refractivity contribution is 5.94. The van der Waals surface area contributed by atoms with E-state index in [1.54, 1.807) is 6.20 Å². The molecule has 0 spiro atoms. The van der Waals surface area contributed by atoms with Gasteiger partial charge in [0.15, 0.2) is 0 Å². The zero-order valence-electron chi connectivity index (χ0n) is 13.8. The van der Waals surface area contributed by atoms with Crippen LogP contribution in [0.2, 0.25) is 0 Å². The van der Waals surface area contributed by atoms with Gasteiger partial charge in [-0.15, -0.1) is 0 Å². The number of carbonyl (C=O) groups is 1. The highest BCUT2D eigenvalue weighted by atomic mass is 16.5. The zero-order valence-corrected chi connectivity index (χ0v) is 13.8. The van der Waals surface area contributed by atoms with Gasteiger partial charge in [-0.05, 0) is 38.8 Å². The minimum Gasteiger partial charge on any atom is -0.376 e. The Bertz CT molecular complexity index is 518. The third-order valence-corrected chi connectivity index (χ3v) is 4.27. The monoisotopic (exact) mass is 319 g/mol. The van der Waals surface area contributed by atoms with Gasteiger partial charge in [-0.2, -0.15) is 0 Å². The van der Waals surface area contributed by atoms with Crippen molar-refractivity contribution in [3.8, 4) is 0 Å². The number of nitrogens with one attached hydrogen (secondary N) is 1. The van der Waals surface area contributed by atoms with Crippen molar-refractivity contribution >= 4 is 11.7 Å². The van der Waals surface area contributed by atoms with Gasteiger partial charge in [-0.1, -0.05) is 0 Å². The first-order valence-corrected chi connectivity index (χ1v) is 8.38. The fraction of sp³-hybridized carbons (Fsp3) is 0.647. The van der Waals surface area contributed by atoms with Gasteiger partial charge in [-0.25, -0.2) is 4.98 Å². The molecule has 1 amide bonds. The van der Waals surface area contributed by atoms with Crippen molar-refractivity contribution in [2.45, 2.75) is 45.0 Å². The van der Waals surface area contributed by atoms with Gasteiger partial charge < -0.3 is 19.7 Å². The number of anilines is 1. The smallest absolute Gasteiger partial charge is 0.252 e. The first-order chi connectivity index (χ1) is 11.1. The fourth-order valence-corrected chi connectivity index (χ4v) is 3.19. The Labute approximate surface area is 137 Å². The van der Waals surface area contributed by atoms with Gasteiger partial charge in [-0.3, -0.25) is 4.79 Å². The van der Waals surface area contributed by atoms with Crippen LogP contribution < -0.4 is 10.2 Å². The Morgan fingerprint density at radius 3 is 2.74 bits per heavy atom. The summed E-state index contributed by atoms with van der Waals surface area (Å²) in [5.74, 6) is 0.797.